The van der Waals surface area contributed by atoms with Crippen LogP contribution in [0.5, 0.6) is 0 Å². The minimum atomic E-state index is -0.550. The summed E-state index contributed by atoms with van der Waals surface area (Å²) in [6.45, 7) is 3.87. The number of nitrogens with zero attached hydrogens (tertiary/aromatic N) is 2. The van der Waals surface area contributed by atoms with E-state index in [2.05, 4.69) is 10.3 Å². The molecule has 1 aliphatic heterocycles. The molecule has 2 heterocycles. The van der Waals surface area contributed by atoms with Gasteiger partial charge >= 0.3 is 6.03 Å². The van der Waals surface area contributed by atoms with Gasteiger partial charge in [-0.2, -0.15) is 0 Å². The molecule has 1 saturated heterocycles. The van der Waals surface area contributed by atoms with Gasteiger partial charge in [0, 0.05) is 6.20 Å². The fraction of sp³-hybridized carbons (Fsp3) is 0.381. The summed E-state index contributed by atoms with van der Waals surface area (Å²) in [5.41, 5.74) is 6.90. The SMILES string of the molecule is CC1(C)C(Cc2ccnc(N)c2)C(=O)N1C(=O)NC1(c2ccccc2)CC1. The molecule has 140 valence electrons. The number of carbonyl (C=O) groups is 2. The van der Waals surface area contributed by atoms with Gasteiger partial charge in [0.15, 0.2) is 0 Å². The number of imide groups is 1. The first kappa shape index (κ1) is 17.5. The number of rotatable bonds is 4. The number of anilines is 1. The molecule has 2 fully saturated rings. The molecule has 0 radical (unpaired) electrons. The molecule has 0 spiro atoms. The van der Waals surface area contributed by atoms with Crippen molar-refractivity contribution < 1.29 is 9.59 Å². The highest BCUT2D eigenvalue weighted by Crippen LogP contribution is 2.47. The molecule has 6 nitrogen and oxygen atoms in total. The third-order valence-electron chi connectivity index (χ3n) is 5.86. The summed E-state index contributed by atoms with van der Waals surface area (Å²) in [6, 6.07) is 13.3. The number of nitrogens with two attached hydrogens (primary N) is 1. The number of aromatic nitrogens is 1. The number of carbonyl (C=O) groups excluding carboxylic acids is 2. The number of amides is 3. The van der Waals surface area contributed by atoms with Gasteiger partial charge < -0.3 is 11.1 Å². The van der Waals surface area contributed by atoms with Crippen LogP contribution in [-0.2, 0) is 16.8 Å². The first-order valence-corrected chi connectivity index (χ1v) is 9.26. The molecular formula is C21H24N4O2. The van der Waals surface area contributed by atoms with E-state index in [-0.39, 0.29) is 23.4 Å². The third-order valence-corrected chi connectivity index (χ3v) is 5.86. The summed E-state index contributed by atoms with van der Waals surface area (Å²) in [7, 11) is 0. The average Bonchev–Trinajstić information content (AvgIpc) is 3.41. The van der Waals surface area contributed by atoms with Crippen LogP contribution in [-0.4, -0.2) is 27.4 Å². The smallest absolute Gasteiger partial charge is 0.325 e. The maximum atomic E-state index is 12.9. The molecule has 1 aromatic heterocycles. The number of urea groups is 1. The minimum Gasteiger partial charge on any atom is -0.384 e. The molecule has 3 amide bonds. The van der Waals surface area contributed by atoms with Gasteiger partial charge in [-0.25, -0.2) is 9.78 Å². The Hall–Kier alpha value is -2.89. The van der Waals surface area contributed by atoms with Gasteiger partial charge in [0.25, 0.3) is 0 Å². The van der Waals surface area contributed by atoms with Gasteiger partial charge in [-0.05, 0) is 56.4 Å². The molecule has 1 atom stereocenters. The predicted octanol–water partition coefficient (Wildman–Crippen LogP) is 2.84. The first-order chi connectivity index (χ1) is 12.8. The van der Waals surface area contributed by atoms with Crippen molar-refractivity contribution in [3.05, 3.63) is 59.8 Å². The zero-order chi connectivity index (χ0) is 19.2. The average molecular weight is 364 g/mol. The van der Waals surface area contributed by atoms with Crippen LogP contribution in [0, 0.1) is 5.92 Å². The van der Waals surface area contributed by atoms with Crippen LogP contribution in [0.2, 0.25) is 0 Å². The normalized spacial score (nSPS) is 22.1. The van der Waals surface area contributed by atoms with Gasteiger partial charge in [0.1, 0.15) is 5.82 Å². The zero-order valence-electron chi connectivity index (χ0n) is 15.6. The van der Waals surface area contributed by atoms with Gasteiger partial charge in [0.2, 0.25) is 5.91 Å². The van der Waals surface area contributed by atoms with Gasteiger partial charge in [-0.1, -0.05) is 30.3 Å². The Morgan fingerprint density at radius 1 is 1.26 bits per heavy atom. The van der Waals surface area contributed by atoms with E-state index in [4.69, 9.17) is 5.73 Å². The lowest BCUT2D eigenvalue weighted by molar-refractivity contribution is -0.158. The second-order valence-corrected chi connectivity index (χ2v) is 8.05. The van der Waals surface area contributed by atoms with Crippen molar-refractivity contribution in [3.63, 3.8) is 0 Å². The summed E-state index contributed by atoms with van der Waals surface area (Å²) in [5, 5.41) is 3.10. The molecule has 2 aromatic rings. The van der Waals surface area contributed by atoms with Crippen LogP contribution in [0.25, 0.3) is 0 Å². The van der Waals surface area contributed by atoms with Gasteiger partial charge in [-0.15, -0.1) is 0 Å². The van der Waals surface area contributed by atoms with Crippen molar-refractivity contribution in [1.29, 1.82) is 0 Å². The monoisotopic (exact) mass is 364 g/mol. The molecular weight excluding hydrogens is 340 g/mol. The van der Waals surface area contributed by atoms with Gasteiger partial charge in [0.05, 0.1) is 17.0 Å². The van der Waals surface area contributed by atoms with Crippen molar-refractivity contribution >= 4 is 17.8 Å². The lowest BCUT2D eigenvalue weighted by Crippen LogP contribution is -2.72. The Labute approximate surface area is 158 Å². The van der Waals surface area contributed by atoms with Crippen molar-refractivity contribution in [3.8, 4) is 0 Å². The number of benzene rings is 1. The van der Waals surface area contributed by atoms with Crippen molar-refractivity contribution in [2.24, 2.45) is 5.92 Å². The quantitative estimate of drug-likeness (QED) is 0.817. The highest BCUT2D eigenvalue weighted by Gasteiger charge is 2.58. The fourth-order valence-electron chi connectivity index (χ4n) is 4.02. The maximum Gasteiger partial charge on any atom is 0.325 e. The molecule has 3 N–H and O–H groups in total. The van der Waals surface area contributed by atoms with Crippen molar-refractivity contribution in [1.82, 2.24) is 15.2 Å². The van der Waals surface area contributed by atoms with Crippen LogP contribution in [0.1, 0.15) is 37.8 Å². The molecule has 4 rings (SSSR count). The molecule has 0 bridgehead atoms. The van der Waals surface area contributed by atoms with Crippen molar-refractivity contribution in [2.45, 2.75) is 44.2 Å². The van der Waals surface area contributed by atoms with E-state index in [1.165, 1.54) is 4.90 Å². The molecule has 1 aliphatic carbocycles. The Bertz CT molecular complexity index is 890. The Morgan fingerprint density at radius 3 is 2.56 bits per heavy atom. The second kappa shape index (κ2) is 6.08. The van der Waals surface area contributed by atoms with E-state index in [1.54, 1.807) is 12.3 Å². The maximum absolute atomic E-state index is 12.9. The third kappa shape index (κ3) is 2.95. The van der Waals surface area contributed by atoms with Crippen molar-refractivity contribution in [2.75, 3.05) is 5.73 Å². The number of hydrogen-bond acceptors (Lipinski definition) is 4. The molecule has 1 saturated carbocycles. The van der Waals surface area contributed by atoms with Crippen LogP contribution in [0.3, 0.4) is 0 Å². The van der Waals surface area contributed by atoms with E-state index < -0.39 is 5.54 Å². The van der Waals surface area contributed by atoms with Crippen LogP contribution < -0.4 is 11.1 Å². The van der Waals surface area contributed by atoms with E-state index in [0.29, 0.717) is 12.2 Å². The minimum absolute atomic E-state index is 0.142. The topological polar surface area (TPSA) is 88.3 Å². The van der Waals surface area contributed by atoms with E-state index in [0.717, 1.165) is 24.0 Å². The Kier molecular flexibility index (Phi) is 3.94. The van der Waals surface area contributed by atoms with Crippen LogP contribution in [0.15, 0.2) is 48.7 Å². The standard InChI is InChI=1S/C21H24N4O2/c1-20(2)16(12-14-8-11-23-17(22)13-14)18(26)25(20)19(27)24-21(9-10-21)15-6-4-3-5-7-15/h3-8,11,13,16H,9-10,12H2,1-2H3,(H2,22,23)(H,24,27). The largest absolute Gasteiger partial charge is 0.384 e. The van der Waals surface area contributed by atoms with E-state index >= 15 is 0 Å². The summed E-state index contributed by atoms with van der Waals surface area (Å²) in [4.78, 5) is 31.0. The Balaban J connectivity index is 1.47. The summed E-state index contributed by atoms with van der Waals surface area (Å²) < 4.78 is 0. The molecule has 6 heteroatoms. The summed E-state index contributed by atoms with van der Waals surface area (Å²) in [6.07, 6.45) is 3.98. The summed E-state index contributed by atoms with van der Waals surface area (Å²) >= 11 is 0. The Morgan fingerprint density at radius 2 is 1.96 bits per heavy atom. The molecule has 27 heavy (non-hydrogen) atoms. The van der Waals surface area contributed by atoms with Crippen LogP contribution in [0.4, 0.5) is 10.6 Å². The fourth-order valence-corrected chi connectivity index (χ4v) is 4.02. The highest BCUT2D eigenvalue weighted by molar-refractivity contribution is 6.03. The van der Waals surface area contributed by atoms with E-state index in [9.17, 15) is 9.59 Å². The number of nitrogen functional groups attached to an aromatic ring is 1. The predicted molar refractivity (Wildman–Crippen MR) is 103 cm³/mol. The van der Waals surface area contributed by atoms with E-state index in [1.807, 2.05) is 50.2 Å². The zero-order valence-corrected chi connectivity index (χ0v) is 15.6. The molecule has 1 unspecified atom stereocenters. The highest BCUT2D eigenvalue weighted by atomic mass is 16.2. The lowest BCUT2D eigenvalue weighted by atomic mass is 9.73. The lowest BCUT2D eigenvalue weighted by Gasteiger charge is -2.52. The van der Waals surface area contributed by atoms with Gasteiger partial charge in [-0.3, -0.25) is 9.69 Å². The van der Waals surface area contributed by atoms with Crippen LogP contribution >= 0.6 is 0 Å². The number of nitrogens with one attached hydrogen (secondary N) is 1. The molecule has 1 aromatic carbocycles. The second-order valence-electron chi connectivity index (χ2n) is 8.05. The number of hydrogen-bond donors (Lipinski definition) is 2. The molecule has 2 aliphatic rings. The number of pyridine rings is 1. The first-order valence-electron chi connectivity index (χ1n) is 9.26. The number of β-lactam (4-membered cyclic amide) rings is 1. The number of likely N-dealkylation sites (tertiary alicyclic amines) is 1. The summed E-state index contributed by atoms with van der Waals surface area (Å²) in [5.74, 6) is 0.0406.